The monoisotopic (exact) mass is 359 g/mol. The molecule has 0 aliphatic carbocycles. The first-order chi connectivity index (χ1) is 13.1. The maximum absolute atomic E-state index is 5.68. The highest BCUT2D eigenvalue weighted by Gasteiger charge is 2.16. The summed E-state index contributed by atoms with van der Waals surface area (Å²) >= 11 is 0. The molecule has 0 unspecified atom stereocenters. The Labute approximate surface area is 158 Å². The molecule has 0 spiro atoms. The summed E-state index contributed by atoms with van der Waals surface area (Å²) in [5, 5.41) is 3.23. The zero-order chi connectivity index (χ0) is 18.8. The molecule has 0 atom stereocenters. The van der Waals surface area contributed by atoms with Crippen LogP contribution in [0.3, 0.4) is 0 Å². The van der Waals surface area contributed by atoms with Crippen LogP contribution in [0.2, 0.25) is 0 Å². The van der Waals surface area contributed by atoms with E-state index in [0.29, 0.717) is 19.0 Å². The predicted molar refractivity (Wildman–Crippen MR) is 107 cm³/mol. The molecule has 5 heteroatoms. The van der Waals surface area contributed by atoms with Crippen LogP contribution in [-0.2, 0) is 0 Å². The van der Waals surface area contributed by atoms with Crippen LogP contribution >= 0.6 is 0 Å². The molecule has 0 saturated heterocycles. The molecule has 4 rings (SSSR count). The molecule has 1 N–H and O–H groups in total. The number of fused-ring (bicyclic) bond motifs is 1. The molecule has 5 nitrogen and oxygen atoms in total. The summed E-state index contributed by atoms with van der Waals surface area (Å²) in [6, 6.07) is 12.0. The maximum atomic E-state index is 5.68. The van der Waals surface area contributed by atoms with E-state index in [1.807, 2.05) is 37.3 Å². The minimum Gasteiger partial charge on any atom is -0.486 e. The lowest BCUT2D eigenvalue weighted by Gasteiger charge is -2.20. The Morgan fingerprint density at radius 2 is 1.70 bits per heavy atom. The molecule has 3 aromatic rings. The van der Waals surface area contributed by atoms with Gasteiger partial charge in [-0.15, -0.1) is 0 Å². The van der Waals surface area contributed by atoms with E-state index >= 15 is 0 Å². The third-order valence-electron chi connectivity index (χ3n) is 4.57. The average Bonchev–Trinajstić information content (AvgIpc) is 2.68. The number of hydrogen-bond donors (Lipinski definition) is 1. The molecule has 0 saturated carbocycles. The van der Waals surface area contributed by atoms with E-state index in [4.69, 9.17) is 9.47 Å². The average molecular weight is 359 g/mol. The fourth-order valence-corrected chi connectivity index (χ4v) is 3.13. The topological polar surface area (TPSA) is 56.3 Å². The van der Waals surface area contributed by atoms with Crippen LogP contribution < -0.4 is 14.8 Å². The summed E-state index contributed by atoms with van der Waals surface area (Å²) in [6.45, 7) is 9.34. The van der Waals surface area contributed by atoms with E-state index in [1.165, 1.54) is 0 Å². The highest BCUT2D eigenvalue weighted by Crippen LogP contribution is 2.36. The van der Waals surface area contributed by atoms with Gasteiger partial charge in [0.1, 0.15) is 19.0 Å². The molecule has 0 fully saturated rings. The van der Waals surface area contributed by atoms with Gasteiger partial charge in [-0.2, -0.15) is 0 Å². The van der Waals surface area contributed by atoms with Crippen molar-refractivity contribution in [1.29, 1.82) is 0 Å². The molecule has 136 valence electrons. The molecule has 0 amide bonds. The van der Waals surface area contributed by atoms with Crippen molar-refractivity contribution < 1.29 is 9.47 Å². The largest absolute Gasteiger partial charge is 0.486 e. The number of ether oxygens (including phenoxy) is 2. The molecule has 1 aliphatic heterocycles. The zero-order valence-electron chi connectivity index (χ0n) is 15.5. The van der Waals surface area contributed by atoms with Gasteiger partial charge in [-0.25, -0.2) is 4.98 Å². The summed E-state index contributed by atoms with van der Waals surface area (Å²) in [4.78, 5) is 9.06. The number of aryl methyl sites for hydroxylation is 2. The molecule has 0 radical (unpaired) electrons. The molecule has 1 aliphatic rings. The number of hydrogen-bond acceptors (Lipinski definition) is 5. The Hall–Kier alpha value is -3.34. The summed E-state index contributed by atoms with van der Waals surface area (Å²) < 4.78 is 11.3. The summed E-state index contributed by atoms with van der Waals surface area (Å²) in [7, 11) is 0. The molecule has 27 heavy (non-hydrogen) atoms. The molecular weight excluding hydrogens is 338 g/mol. The van der Waals surface area contributed by atoms with Gasteiger partial charge >= 0.3 is 0 Å². The molecule has 2 aromatic carbocycles. The van der Waals surface area contributed by atoms with Crippen molar-refractivity contribution in [3.63, 3.8) is 0 Å². The number of nitrogens with one attached hydrogen (secondary N) is 1. The number of rotatable bonds is 4. The van der Waals surface area contributed by atoms with Crippen LogP contribution in [-0.4, -0.2) is 23.2 Å². The van der Waals surface area contributed by atoms with E-state index in [9.17, 15) is 0 Å². The quantitative estimate of drug-likeness (QED) is 0.737. The summed E-state index contributed by atoms with van der Waals surface area (Å²) in [5.41, 5.74) is 5.86. The number of nitrogens with zero attached hydrogens (tertiary/aromatic N) is 2. The van der Waals surface area contributed by atoms with Gasteiger partial charge < -0.3 is 14.8 Å². The van der Waals surface area contributed by atoms with Gasteiger partial charge in [-0.3, -0.25) is 4.98 Å². The smallest absolute Gasteiger partial charge is 0.162 e. The van der Waals surface area contributed by atoms with Crippen molar-refractivity contribution in [1.82, 2.24) is 9.97 Å². The van der Waals surface area contributed by atoms with E-state index in [2.05, 4.69) is 34.9 Å². The second-order valence-corrected chi connectivity index (χ2v) is 6.52. The van der Waals surface area contributed by atoms with Gasteiger partial charge in [0.2, 0.25) is 0 Å². The second-order valence-electron chi connectivity index (χ2n) is 6.52. The van der Waals surface area contributed by atoms with Crippen molar-refractivity contribution in [2.45, 2.75) is 13.8 Å². The van der Waals surface area contributed by atoms with Crippen LogP contribution in [0.4, 0.5) is 5.82 Å². The first-order valence-electron chi connectivity index (χ1n) is 8.86. The number of anilines is 1. The molecule has 2 heterocycles. The SMILES string of the molecule is C=C(Nc1cnc(-c2cc3c(cc2C)OCCO3)cn1)c1ccccc1C. The maximum Gasteiger partial charge on any atom is 0.162 e. The van der Waals surface area contributed by atoms with Crippen LogP contribution in [0.15, 0.2) is 55.4 Å². The normalized spacial score (nSPS) is 12.5. The predicted octanol–water partition coefficient (Wildman–Crippen LogP) is 4.61. The second kappa shape index (κ2) is 7.11. The first-order valence-corrected chi connectivity index (χ1v) is 8.86. The van der Waals surface area contributed by atoms with Gasteiger partial charge in [-0.1, -0.05) is 30.8 Å². The standard InChI is InChI=1S/C22H21N3O2/c1-14-6-4-5-7-17(14)16(3)25-22-13-23-19(12-24-22)18-11-21-20(10-15(18)2)26-8-9-27-21/h4-7,10-13H,3,8-9H2,1-2H3,(H,24,25). The van der Waals surface area contributed by atoms with Crippen LogP contribution in [0.5, 0.6) is 11.5 Å². The van der Waals surface area contributed by atoms with Crippen molar-refractivity contribution in [2.75, 3.05) is 18.5 Å². The van der Waals surface area contributed by atoms with Gasteiger partial charge in [0.05, 0.1) is 18.1 Å². The fraction of sp³-hybridized carbons (Fsp3) is 0.182. The van der Waals surface area contributed by atoms with Crippen molar-refractivity contribution in [3.05, 3.63) is 72.1 Å². The van der Waals surface area contributed by atoms with Gasteiger partial charge in [0.15, 0.2) is 11.5 Å². The third-order valence-corrected chi connectivity index (χ3v) is 4.57. The minimum atomic E-state index is 0.561. The highest BCUT2D eigenvalue weighted by molar-refractivity contribution is 5.76. The highest BCUT2D eigenvalue weighted by atomic mass is 16.6. The molecule has 0 bridgehead atoms. The lowest BCUT2D eigenvalue weighted by Crippen LogP contribution is -2.15. The van der Waals surface area contributed by atoms with Crippen LogP contribution in [0, 0.1) is 13.8 Å². The Bertz CT molecular complexity index is 997. The lowest BCUT2D eigenvalue weighted by molar-refractivity contribution is 0.171. The Morgan fingerprint density at radius 3 is 2.41 bits per heavy atom. The molecular formula is C22H21N3O2. The summed E-state index contributed by atoms with van der Waals surface area (Å²) in [5.74, 6) is 2.18. The van der Waals surface area contributed by atoms with Crippen molar-refractivity contribution in [2.24, 2.45) is 0 Å². The van der Waals surface area contributed by atoms with Gasteiger partial charge in [0.25, 0.3) is 0 Å². The third kappa shape index (κ3) is 3.49. The molecule has 1 aromatic heterocycles. The summed E-state index contributed by atoms with van der Waals surface area (Å²) in [6.07, 6.45) is 3.47. The van der Waals surface area contributed by atoms with Gasteiger partial charge in [-0.05, 0) is 37.1 Å². The van der Waals surface area contributed by atoms with E-state index in [0.717, 1.165) is 45.1 Å². The van der Waals surface area contributed by atoms with Gasteiger partial charge in [0, 0.05) is 16.8 Å². The fourth-order valence-electron chi connectivity index (χ4n) is 3.13. The van der Waals surface area contributed by atoms with E-state index in [-0.39, 0.29) is 0 Å². The van der Waals surface area contributed by atoms with E-state index in [1.54, 1.807) is 12.4 Å². The van der Waals surface area contributed by atoms with Crippen molar-refractivity contribution >= 4 is 11.5 Å². The van der Waals surface area contributed by atoms with Crippen LogP contribution in [0.25, 0.3) is 17.0 Å². The Balaban J connectivity index is 1.56. The zero-order valence-corrected chi connectivity index (χ0v) is 15.5. The minimum absolute atomic E-state index is 0.561. The number of aromatic nitrogens is 2. The Morgan fingerprint density at radius 1 is 0.963 bits per heavy atom. The lowest BCUT2D eigenvalue weighted by atomic mass is 10.0. The number of benzene rings is 2. The van der Waals surface area contributed by atoms with Crippen molar-refractivity contribution in [3.8, 4) is 22.8 Å². The first kappa shape index (κ1) is 17.1. The van der Waals surface area contributed by atoms with Crippen LogP contribution in [0.1, 0.15) is 16.7 Å². The Kier molecular flexibility index (Phi) is 4.50. The van der Waals surface area contributed by atoms with E-state index < -0.39 is 0 Å².